The van der Waals surface area contributed by atoms with Crippen LogP contribution in [0.2, 0.25) is 0 Å². The number of piperazine rings is 1. The fourth-order valence-electron chi connectivity index (χ4n) is 3.13. The zero-order chi connectivity index (χ0) is 16.7. The van der Waals surface area contributed by atoms with Crippen molar-refractivity contribution in [2.45, 2.75) is 26.3 Å². The fraction of sp³-hybridized carbons (Fsp3) is 0.611. The summed E-state index contributed by atoms with van der Waals surface area (Å²) >= 11 is 0. The molecule has 23 heavy (non-hydrogen) atoms. The Morgan fingerprint density at radius 2 is 1.83 bits per heavy atom. The average molecular weight is 319 g/mol. The van der Waals surface area contributed by atoms with Crippen LogP contribution in [0.4, 0.5) is 5.69 Å². The maximum Gasteiger partial charge on any atom is 0.242 e. The molecule has 1 aliphatic rings. The molecule has 1 atom stereocenters. The number of para-hydroxylation sites is 1. The Bertz CT molecular complexity index is 468. The zero-order valence-corrected chi connectivity index (χ0v) is 14.3. The third kappa shape index (κ3) is 4.69. The van der Waals surface area contributed by atoms with Crippen molar-refractivity contribution in [1.82, 2.24) is 9.80 Å². The van der Waals surface area contributed by atoms with E-state index in [0.717, 1.165) is 44.8 Å². The average Bonchev–Trinajstić information content (AvgIpc) is 2.62. The van der Waals surface area contributed by atoms with E-state index in [1.54, 1.807) is 0 Å². The summed E-state index contributed by atoms with van der Waals surface area (Å²) in [5.41, 5.74) is 1.09. The van der Waals surface area contributed by atoms with E-state index in [-0.39, 0.29) is 18.6 Å². The number of benzene rings is 1. The van der Waals surface area contributed by atoms with E-state index >= 15 is 0 Å². The van der Waals surface area contributed by atoms with Crippen molar-refractivity contribution in [1.29, 1.82) is 0 Å². The molecule has 0 saturated carbocycles. The number of rotatable bonds is 7. The molecule has 1 aromatic rings. The lowest BCUT2D eigenvalue weighted by Crippen LogP contribution is -2.54. The minimum atomic E-state index is 0.187. The molecule has 128 valence electrons. The van der Waals surface area contributed by atoms with Gasteiger partial charge in [-0.2, -0.15) is 0 Å². The van der Waals surface area contributed by atoms with Crippen molar-refractivity contribution in [2.75, 3.05) is 50.8 Å². The Morgan fingerprint density at radius 1 is 1.17 bits per heavy atom. The van der Waals surface area contributed by atoms with E-state index in [4.69, 9.17) is 0 Å². The highest BCUT2D eigenvalue weighted by molar-refractivity contribution is 5.81. The molecule has 0 aliphatic carbocycles. The van der Waals surface area contributed by atoms with E-state index in [0.29, 0.717) is 6.54 Å². The number of carbonyl (C=O) groups excluding carboxylic acids is 1. The third-order valence-corrected chi connectivity index (χ3v) is 4.69. The molecule has 1 heterocycles. The van der Waals surface area contributed by atoms with Gasteiger partial charge in [0, 0.05) is 44.5 Å². The maximum absolute atomic E-state index is 12.6. The lowest BCUT2D eigenvalue weighted by Gasteiger charge is -2.39. The molecule has 1 N–H and O–H groups in total. The summed E-state index contributed by atoms with van der Waals surface area (Å²) in [5.74, 6) is 0.187. The Labute approximate surface area is 139 Å². The molecule has 0 bridgehead atoms. The second kappa shape index (κ2) is 8.89. The molecule has 1 fully saturated rings. The number of likely N-dealkylation sites (N-methyl/N-ethyl adjacent to an activating group) is 1. The van der Waals surface area contributed by atoms with E-state index in [2.05, 4.69) is 23.6 Å². The summed E-state index contributed by atoms with van der Waals surface area (Å²) in [6.07, 6.45) is 0.946. The van der Waals surface area contributed by atoms with Gasteiger partial charge in [0.15, 0.2) is 0 Å². The Balaban J connectivity index is 1.87. The quantitative estimate of drug-likeness (QED) is 0.826. The number of aliphatic hydroxyl groups excluding tert-OH is 1. The van der Waals surface area contributed by atoms with Crippen LogP contribution in [0.3, 0.4) is 0 Å². The summed E-state index contributed by atoms with van der Waals surface area (Å²) in [6.45, 7) is 8.81. The second-order valence-electron chi connectivity index (χ2n) is 6.01. The number of nitrogens with zero attached hydrogens (tertiary/aromatic N) is 3. The first kappa shape index (κ1) is 17.8. The fourth-order valence-corrected chi connectivity index (χ4v) is 3.13. The maximum atomic E-state index is 12.6. The van der Waals surface area contributed by atoms with Crippen molar-refractivity contribution in [3.05, 3.63) is 30.3 Å². The zero-order valence-electron chi connectivity index (χ0n) is 14.3. The monoisotopic (exact) mass is 319 g/mol. The molecule has 1 aromatic carbocycles. The van der Waals surface area contributed by atoms with E-state index < -0.39 is 0 Å². The predicted molar refractivity (Wildman–Crippen MR) is 93.6 cm³/mol. The first-order chi connectivity index (χ1) is 11.2. The normalized spacial score (nSPS) is 17.1. The summed E-state index contributed by atoms with van der Waals surface area (Å²) in [7, 11) is 0. The molecule has 5 heteroatoms. The van der Waals surface area contributed by atoms with Gasteiger partial charge >= 0.3 is 0 Å². The second-order valence-corrected chi connectivity index (χ2v) is 6.01. The van der Waals surface area contributed by atoms with Gasteiger partial charge in [-0.1, -0.05) is 25.1 Å². The minimum absolute atomic E-state index is 0.187. The molecule has 2 rings (SSSR count). The van der Waals surface area contributed by atoms with Crippen molar-refractivity contribution >= 4 is 11.6 Å². The molecule has 1 saturated heterocycles. The van der Waals surface area contributed by atoms with E-state index in [9.17, 15) is 9.90 Å². The molecule has 0 aromatic heterocycles. The van der Waals surface area contributed by atoms with Gasteiger partial charge in [0.1, 0.15) is 0 Å². The van der Waals surface area contributed by atoms with Gasteiger partial charge in [0.25, 0.3) is 0 Å². The van der Waals surface area contributed by atoms with Gasteiger partial charge in [-0.15, -0.1) is 0 Å². The molecule has 1 aliphatic heterocycles. The van der Waals surface area contributed by atoms with Crippen LogP contribution in [-0.2, 0) is 4.79 Å². The van der Waals surface area contributed by atoms with Crippen LogP contribution in [0, 0.1) is 0 Å². The summed E-state index contributed by atoms with van der Waals surface area (Å²) in [6, 6.07) is 10.3. The molecule has 0 spiro atoms. The molecular weight excluding hydrogens is 290 g/mol. The van der Waals surface area contributed by atoms with Crippen molar-refractivity contribution in [3.63, 3.8) is 0 Å². The number of anilines is 1. The van der Waals surface area contributed by atoms with Crippen LogP contribution in [0.1, 0.15) is 20.3 Å². The lowest BCUT2D eigenvalue weighted by molar-refractivity contribution is -0.131. The highest BCUT2D eigenvalue weighted by Crippen LogP contribution is 2.14. The van der Waals surface area contributed by atoms with Crippen LogP contribution in [0.15, 0.2) is 30.3 Å². The van der Waals surface area contributed by atoms with Gasteiger partial charge in [0.05, 0.1) is 13.2 Å². The first-order valence-electron chi connectivity index (χ1n) is 8.62. The number of hydrogen-bond donors (Lipinski definition) is 1. The van der Waals surface area contributed by atoms with Crippen LogP contribution in [-0.4, -0.2) is 72.7 Å². The summed E-state index contributed by atoms with van der Waals surface area (Å²) in [4.78, 5) is 18.9. The largest absolute Gasteiger partial charge is 0.395 e. The lowest BCUT2D eigenvalue weighted by atomic mass is 10.1. The topological polar surface area (TPSA) is 47.0 Å². The van der Waals surface area contributed by atoms with Gasteiger partial charge in [-0.25, -0.2) is 0 Å². The first-order valence-corrected chi connectivity index (χ1v) is 8.62. The Hall–Kier alpha value is -1.59. The predicted octanol–water partition coefficient (Wildman–Crippen LogP) is 1.43. The van der Waals surface area contributed by atoms with E-state index in [1.165, 1.54) is 0 Å². The third-order valence-electron chi connectivity index (χ3n) is 4.69. The van der Waals surface area contributed by atoms with Crippen LogP contribution >= 0.6 is 0 Å². The van der Waals surface area contributed by atoms with Crippen molar-refractivity contribution in [3.8, 4) is 0 Å². The minimum Gasteiger partial charge on any atom is -0.395 e. The highest BCUT2D eigenvalue weighted by atomic mass is 16.3. The van der Waals surface area contributed by atoms with Gasteiger partial charge < -0.3 is 14.9 Å². The van der Waals surface area contributed by atoms with Crippen LogP contribution in [0.5, 0.6) is 0 Å². The van der Waals surface area contributed by atoms with Gasteiger partial charge in [0.2, 0.25) is 5.91 Å². The van der Waals surface area contributed by atoms with Crippen LogP contribution < -0.4 is 4.90 Å². The SMILES string of the molecule is CCC(CO)N1CCN(C(=O)CN(CC)c2ccccc2)CC1. The standard InChI is InChI=1S/C18H29N3O2/c1-3-16(15-22)20-10-12-21(13-11-20)18(23)14-19(4-2)17-8-6-5-7-9-17/h5-9,16,22H,3-4,10-15H2,1-2H3. The van der Waals surface area contributed by atoms with E-state index in [1.807, 2.05) is 35.2 Å². The number of aliphatic hydroxyl groups is 1. The molecule has 1 unspecified atom stereocenters. The number of carbonyl (C=O) groups is 1. The molecule has 0 radical (unpaired) electrons. The summed E-state index contributed by atoms with van der Waals surface area (Å²) in [5, 5.41) is 9.40. The van der Waals surface area contributed by atoms with Crippen LogP contribution in [0.25, 0.3) is 0 Å². The molecular formula is C18H29N3O2. The Kier molecular flexibility index (Phi) is 6.86. The van der Waals surface area contributed by atoms with Gasteiger partial charge in [-0.05, 0) is 25.5 Å². The highest BCUT2D eigenvalue weighted by Gasteiger charge is 2.25. The van der Waals surface area contributed by atoms with Gasteiger partial charge in [-0.3, -0.25) is 9.69 Å². The molecule has 5 nitrogen and oxygen atoms in total. The number of amides is 1. The Morgan fingerprint density at radius 3 is 2.35 bits per heavy atom. The summed E-state index contributed by atoms with van der Waals surface area (Å²) < 4.78 is 0. The molecule has 1 amide bonds. The smallest absolute Gasteiger partial charge is 0.242 e. The number of hydrogen-bond acceptors (Lipinski definition) is 4. The van der Waals surface area contributed by atoms with Crippen molar-refractivity contribution < 1.29 is 9.90 Å². The van der Waals surface area contributed by atoms with Crippen molar-refractivity contribution in [2.24, 2.45) is 0 Å².